The first-order chi connectivity index (χ1) is 19.1. The molecule has 3 aromatic heterocycles. The zero-order valence-electron chi connectivity index (χ0n) is 23.3. The maximum absolute atomic E-state index is 13.2. The number of aromatic nitrogens is 5. The Morgan fingerprint density at radius 2 is 1.82 bits per heavy atom. The molecule has 1 aliphatic rings. The van der Waals surface area contributed by atoms with Crippen molar-refractivity contribution in [3.63, 3.8) is 0 Å². The van der Waals surface area contributed by atoms with Crippen molar-refractivity contribution < 1.29 is 23.4 Å². The molecule has 1 fully saturated rings. The molecule has 0 aliphatic carbocycles. The van der Waals surface area contributed by atoms with E-state index in [2.05, 4.69) is 32.0 Å². The van der Waals surface area contributed by atoms with Crippen molar-refractivity contribution in [3.05, 3.63) is 53.6 Å². The molecule has 0 unspecified atom stereocenters. The van der Waals surface area contributed by atoms with E-state index in [-0.39, 0.29) is 6.04 Å². The molecule has 1 aromatic carbocycles. The van der Waals surface area contributed by atoms with Gasteiger partial charge in [0, 0.05) is 31.3 Å². The third-order valence-corrected chi connectivity index (χ3v) is 6.46. The predicted molar refractivity (Wildman–Crippen MR) is 146 cm³/mol. The SMILES string of the molecule is COc1cc(C#Cc2cn([C@H]3C[C@@H](c4nnc(C)o4)N(C(=O)OC(C)(C)C)C3)c3ncnc(N)c23)cc(OC)c1. The van der Waals surface area contributed by atoms with E-state index in [4.69, 9.17) is 24.4 Å². The number of nitrogens with two attached hydrogens (primary N) is 1. The fourth-order valence-electron chi connectivity index (χ4n) is 4.72. The second-order valence-corrected chi connectivity index (χ2v) is 10.5. The minimum atomic E-state index is -0.669. The van der Waals surface area contributed by atoms with Crippen LogP contribution in [0.3, 0.4) is 0 Å². The van der Waals surface area contributed by atoms with Gasteiger partial charge in [-0.1, -0.05) is 11.8 Å². The number of likely N-dealkylation sites (tertiary alicyclic amines) is 1. The van der Waals surface area contributed by atoms with E-state index in [1.165, 1.54) is 6.33 Å². The van der Waals surface area contributed by atoms with Crippen LogP contribution in [-0.4, -0.2) is 62.1 Å². The normalized spacial score (nSPS) is 17.0. The highest BCUT2D eigenvalue weighted by Gasteiger charge is 2.42. The molecule has 1 saturated heterocycles. The molecule has 0 radical (unpaired) electrons. The van der Waals surface area contributed by atoms with Crippen LogP contribution in [0.4, 0.5) is 10.6 Å². The molecule has 0 bridgehead atoms. The van der Waals surface area contributed by atoms with E-state index < -0.39 is 17.7 Å². The summed E-state index contributed by atoms with van der Waals surface area (Å²) < 4.78 is 24.1. The lowest BCUT2D eigenvalue weighted by atomic mass is 10.1. The first-order valence-corrected chi connectivity index (χ1v) is 12.7. The van der Waals surface area contributed by atoms with Gasteiger partial charge in [-0.25, -0.2) is 14.8 Å². The van der Waals surface area contributed by atoms with Crippen molar-refractivity contribution in [2.24, 2.45) is 0 Å². The number of nitrogen functional groups attached to an aromatic ring is 1. The number of hydrogen-bond donors (Lipinski definition) is 1. The molecule has 12 heteroatoms. The number of amides is 1. The lowest BCUT2D eigenvalue weighted by molar-refractivity contribution is 0.0199. The molecule has 12 nitrogen and oxygen atoms in total. The number of anilines is 1. The maximum atomic E-state index is 13.2. The van der Waals surface area contributed by atoms with E-state index in [0.717, 1.165) is 0 Å². The molecular weight excluding hydrogens is 514 g/mol. The summed E-state index contributed by atoms with van der Waals surface area (Å²) in [5.41, 5.74) is 7.60. The van der Waals surface area contributed by atoms with Crippen LogP contribution in [0.25, 0.3) is 11.0 Å². The Hall–Kier alpha value is -4.79. The lowest BCUT2D eigenvalue weighted by Crippen LogP contribution is -2.37. The Morgan fingerprint density at radius 3 is 2.45 bits per heavy atom. The van der Waals surface area contributed by atoms with E-state index in [1.807, 2.05) is 43.7 Å². The minimum absolute atomic E-state index is 0.200. The molecule has 1 amide bonds. The quantitative estimate of drug-likeness (QED) is 0.373. The van der Waals surface area contributed by atoms with Crippen molar-refractivity contribution in [1.82, 2.24) is 29.6 Å². The number of ether oxygens (including phenoxy) is 3. The van der Waals surface area contributed by atoms with Crippen molar-refractivity contribution in [2.45, 2.75) is 51.8 Å². The largest absolute Gasteiger partial charge is 0.497 e. The van der Waals surface area contributed by atoms with E-state index in [9.17, 15) is 4.79 Å². The van der Waals surface area contributed by atoms with Crippen molar-refractivity contribution in [2.75, 3.05) is 26.5 Å². The highest BCUT2D eigenvalue weighted by atomic mass is 16.6. The second kappa shape index (κ2) is 10.4. The van der Waals surface area contributed by atoms with Gasteiger partial charge >= 0.3 is 6.09 Å². The Bertz CT molecular complexity index is 1600. The first kappa shape index (κ1) is 26.8. The topological polar surface area (TPSA) is 144 Å². The van der Waals surface area contributed by atoms with Crippen LogP contribution in [-0.2, 0) is 4.74 Å². The number of carbonyl (C=O) groups excluding carboxylic acids is 1. The van der Waals surface area contributed by atoms with Gasteiger partial charge in [-0.3, -0.25) is 4.90 Å². The summed E-state index contributed by atoms with van der Waals surface area (Å²) in [4.78, 5) is 23.6. The van der Waals surface area contributed by atoms with Crippen molar-refractivity contribution in [1.29, 1.82) is 0 Å². The molecule has 2 atom stereocenters. The average molecular weight is 546 g/mol. The van der Waals surface area contributed by atoms with Gasteiger partial charge < -0.3 is 28.9 Å². The third kappa shape index (κ3) is 5.36. The van der Waals surface area contributed by atoms with E-state index in [1.54, 1.807) is 32.1 Å². The second-order valence-electron chi connectivity index (χ2n) is 10.5. The smallest absolute Gasteiger partial charge is 0.411 e. The standard InChI is InChI=1S/C28H31N7O5/c1-16-32-33-26(39-16)22-11-19(14-35(22)27(36)40-28(2,3)4)34-13-18(23-24(29)30-15-31-25(23)34)8-7-17-9-20(37-5)12-21(10-17)38-6/h9-10,12-13,15,19,22H,11,14H2,1-6H3,(H2,29,30,31)/t19-,22-/m0/s1. The molecule has 0 spiro atoms. The first-order valence-electron chi connectivity index (χ1n) is 12.7. The third-order valence-electron chi connectivity index (χ3n) is 6.46. The molecule has 208 valence electrons. The fraction of sp³-hybridized carbons (Fsp3) is 0.393. The van der Waals surface area contributed by atoms with Gasteiger partial charge in [0.25, 0.3) is 0 Å². The summed E-state index contributed by atoms with van der Waals surface area (Å²) in [7, 11) is 3.17. The van der Waals surface area contributed by atoms with Crippen molar-refractivity contribution in [3.8, 4) is 23.3 Å². The summed E-state index contributed by atoms with van der Waals surface area (Å²) in [6.07, 6.45) is 3.33. The molecule has 5 rings (SSSR count). The van der Waals surface area contributed by atoms with Gasteiger partial charge in [-0.05, 0) is 39.3 Å². The van der Waals surface area contributed by atoms with Crippen LogP contribution in [0.15, 0.2) is 35.1 Å². The summed E-state index contributed by atoms with van der Waals surface area (Å²) in [6, 6.07) is 4.74. The Labute approximate surface area is 231 Å². The van der Waals surface area contributed by atoms with Crippen LogP contribution in [0.1, 0.15) is 62.2 Å². The molecule has 4 aromatic rings. The number of nitrogens with zero attached hydrogens (tertiary/aromatic N) is 6. The molecule has 4 heterocycles. The number of aryl methyl sites for hydroxylation is 1. The summed E-state index contributed by atoms with van der Waals surface area (Å²) in [6.45, 7) is 7.52. The van der Waals surface area contributed by atoms with Crippen LogP contribution in [0.5, 0.6) is 11.5 Å². The van der Waals surface area contributed by atoms with E-state index in [0.29, 0.717) is 64.2 Å². The van der Waals surface area contributed by atoms with Gasteiger partial charge in [0.1, 0.15) is 40.9 Å². The number of hydrogen-bond acceptors (Lipinski definition) is 10. The van der Waals surface area contributed by atoms with Crippen LogP contribution >= 0.6 is 0 Å². The van der Waals surface area contributed by atoms with Gasteiger partial charge in [0.15, 0.2) is 0 Å². The van der Waals surface area contributed by atoms with Crippen LogP contribution in [0.2, 0.25) is 0 Å². The summed E-state index contributed by atoms with van der Waals surface area (Å²) >= 11 is 0. The van der Waals surface area contributed by atoms with E-state index >= 15 is 0 Å². The summed E-state index contributed by atoms with van der Waals surface area (Å²) in [5.74, 6) is 8.72. The number of carbonyl (C=O) groups is 1. The molecule has 1 aliphatic heterocycles. The van der Waals surface area contributed by atoms with Crippen LogP contribution in [0, 0.1) is 18.8 Å². The zero-order valence-corrected chi connectivity index (χ0v) is 23.3. The number of benzene rings is 1. The summed E-state index contributed by atoms with van der Waals surface area (Å²) in [5, 5.41) is 8.79. The fourth-order valence-corrected chi connectivity index (χ4v) is 4.72. The average Bonchev–Trinajstić information content (AvgIpc) is 3.63. The minimum Gasteiger partial charge on any atom is -0.497 e. The monoisotopic (exact) mass is 545 g/mol. The predicted octanol–water partition coefficient (Wildman–Crippen LogP) is 4.05. The van der Waals surface area contributed by atoms with Gasteiger partial charge in [0.05, 0.1) is 31.2 Å². The Morgan fingerprint density at radius 1 is 1.10 bits per heavy atom. The zero-order chi connectivity index (χ0) is 28.6. The molecule has 0 saturated carbocycles. The molecule has 40 heavy (non-hydrogen) atoms. The number of fused-ring (bicyclic) bond motifs is 1. The molecular formula is C28H31N7O5. The maximum Gasteiger partial charge on any atom is 0.411 e. The van der Waals surface area contributed by atoms with Gasteiger partial charge in [-0.15, -0.1) is 10.2 Å². The number of rotatable bonds is 4. The van der Waals surface area contributed by atoms with Gasteiger partial charge in [0.2, 0.25) is 11.8 Å². The lowest BCUT2D eigenvalue weighted by Gasteiger charge is -2.27. The van der Waals surface area contributed by atoms with Gasteiger partial charge in [-0.2, -0.15) is 0 Å². The molecule has 2 N–H and O–H groups in total. The highest BCUT2D eigenvalue weighted by molar-refractivity contribution is 5.92. The highest BCUT2D eigenvalue weighted by Crippen LogP contribution is 2.40. The Balaban J connectivity index is 1.55. The number of methoxy groups -OCH3 is 2. The Kier molecular flexibility index (Phi) is 6.97. The van der Waals surface area contributed by atoms with Crippen LogP contribution < -0.4 is 15.2 Å². The van der Waals surface area contributed by atoms with Crippen molar-refractivity contribution >= 4 is 22.9 Å².